The molecule has 0 fully saturated rings. The second kappa shape index (κ2) is 4.59. The fourth-order valence-corrected chi connectivity index (χ4v) is 1.36. The molecular formula is C11H14N2O2. The second-order valence-corrected chi connectivity index (χ2v) is 3.34. The molecule has 0 aliphatic carbocycles. The summed E-state index contributed by atoms with van der Waals surface area (Å²) in [6.45, 7) is 6.16. The van der Waals surface area contributed by atoms with E-state index in [-0.39, 0.29) is 5.56 Å². The number of carboxylic acids is 1. The first-order valence-electron chi connectivity index (χ1n) is 4.58. The number of rotatable bonds is 4. The number of likely N-dealkylation sites (N-methyl/N-ethyl adjacent to an activating group) is 1. The van der Waals surface area contributed by atoms with Gasteiger partial charge in [-0.25, -0.2) is 9.78 Å². The predicted molar refractivity (Wildman–Crippen MR) is 59.4 cm³/mol. The molecule has 0 bridgehead atoms. The molecule has 0 unspecified atom stereocenters. The number of aromatic nitrogens is 1. The van der Waals surface area contributed by atoms with Crippen LogP contribution >= 0.6 is 0 Å². The van der Waals surface area contributed by atoms with Gasteiger partial charge in [0.2, 0.25) is 0 Å². The van der Waals surface area contributed by atoms with Crippen LogP contribution in [-0.2, 0) is 0 Å². The normalized spacial score (nSPS) is 9.73. The number of hydrogen-bond donors (Lipinski definition) is 1. The minimum Gasteiger partial charge on any atom is -0.478 e. The van der Waals surface area contributed by atoms with Crippen LogP contribution in [0.2, 0.25) is 0 Å². The standard InChI is InChI=1S/C11H14N2O2/c1-4-5-13(3)10-8(2)6-9(7-12-10)11(14)15/h4,6-7H,1,5H2,2-3H3,(H,14,15). The molecule has 0 radical (unpaired) electrons. The Kier molecular flexibility index (Phi) is 3.44. The molecule has 1 heterocycles. The minimum atomic E-state index is -0.955. The van der Waals surface area contributed by atoms with Gasteiger partial charge in [0.05, 0.1) is 5.56 Å². The Morgan fingerprint density at radius 3 is 2.87 bits per heavy atom. The Morgan fingerprint density at radius 2 is 2.40 bits per heavy atom. The summed E-state index contributed by atoms with van der Waals surface area (Å²) < 4.78 is 0. The Labute approximate surface area is 88.9 Å². The maximum atomic E-state index is 10.7. The number of aryl methyl sites for hydroxylation is 1. The van der Waals surface area contributed by atoms with Crippen LogP contribution in [0.4, 0.5) is 5.82 Å². The number of hydrogen-bond acceptors (Lipinski definition) is 3. The summed E-state index contributed by atoms with van der Waals surface area (Å²) in [6.07, 6.45) is 3.14. The number of anilines is 1. The third-order valence-electron chi connectivity index (χ3n) is 2.06. The van der Waals surface area contributed by atoms with E-state index in [4.69, 9.17) is 5.11 Å². The van der Waals surface area contributed by atoms with E-state index in [1.54, 1.807) is 12.1 Å². The Bertz CT molecular complexity index is 388. The van der Waals surface area contributed by atoms with Crippen molar-refractivity contribution < 1.29 is 9.90 Å². The molecule has 1 N–H and O–H groups in total. The lowest BCUT2D eigenvalue weighted by Crippen LogP contribution is -2.19. The highest BCUT2D eigenvalue weighted by atomic mass is 16.4. The van der Waals surface area contributed by atoms with Crippen molar-refractivity contribution in [3.63, 3.8) is 0 Å². The monoisotopic (exact) mass is 206 g/mol. The topological polar surface area (TPSA) is 53.4 Å². The summed E-state index contributed by atoms with van der Waals surface area (Å²) in [7, 11) is 1.89. The van der Waals surface area contributed by atoms with Gasteiger partial charge in [-0.15, -0.1) is 6.58 Å². The van der Waals surface area contributed by atoms with E-state index in [0.717, 1.165) is 11.4 Å². The van der Waals surface area contributed by atoms with Crippen LogP contribution in [0.15, 0.2) is 24.9 Å². The summed E-state index contributed by atoms with van der Waals surface area (Å²) >= 11 is 0. The van der Waals surface area contributed by atoms with Crippen molar-refractivity contribution in [3.05, 3.63) is 36.0 Å². The SMILES string of the molecule is C=CCN(C)c1ncc(C(=O)O)cc1C. The average Bonchev–Trinajstić information content (AvgIpc) is 2.17. The Balaban J connectivity index is 3.02. The highest BCUT2D eigenvalue weighted by Crippen LogP contribution is 2.16. The zero-order valence-electron chi connectivity index (χ0n) is 8.90. The molecule has 1 rings (SSSR count). The highest BCUT2D eigenvalue weighted by molar-refractivity contribution is 5.87. The molecule has 4 heteroatoms. The highest BCUT2D eigenvalue weighted by Gasteiger charge is 2.09. The van der Waals surface area contributed by atoms with Crippen LogP contribution in [0.1, 0.15) is 15.9 Å². The quantitative estimate of drug-likeness (QED) is 0.762. The van der Waals surface area contributed by atoms with Crippen LogP contribution < -0.4 is 4.90 Å². The summed E-state index contributed by atoms with van der Waals surface area (Å²) in [4.78, 5) is 16.7. The van der Waals surface area contributed by atoms with Crippen LogP contribution in [0.25, 0.3) is 0 Å². The molecule has 0 amide bonds. The third-order valence-corrected chi connectivity index (χ3v) is 2.06. The molecule has 80 valence electrons. The molecule has 0 aliphatic rings. The van der Waals surface area contributed by atoms with E-state index >= 15 is 0 Å². The molecule has 1 aromatic rings. The van der Waals surface area contributed by atoms with Crippen LogP contribution in [0.3, 0.4) is 0 Å². The lowest BCUT2D eigenvalue weighted by Gasteiger charge is -2.18. The maximum absolute atomic E-state index is 10.7. The summed E-state index contributed by atoms with van der Waals surface area (Å²) in [5.41, 5.74) is 1.06. The van der Waals surface area contributed by atoms with Gasteiger partial charge in [0, 0.05) is 19.8 Å². The van der Waals surface area contributed by atoms with Gasteiger partial charge in [0.25, 0.3) is 0 Å². The maximum Gasteiger partial charge on any atom is 0.337 e. The largest absolute Gasteiger partial charge is 0.478 e. The second-order valence-electron chi connectivity index (χ2n) is 3.34. The van der Waals surface area contributed by atoms with E-state index < -0.39 is 5.97 Å². The first-order chi connectivity index (χ1) is 7.06. The van der Waals surface area contributed by atoms with Crippen molar-refractivity contribution in [2.45, 2.75) is 6.92 Å². The lowest BCUT2D eigenvalue weighted by atomic mass is 10.2. The van der Waals surface area contributed by atoms with Crippen molar-refractivity contribution >= 4 is 11.8 Å². The van der Waals surface area contributed by atoms with Gasteiger partial charge in [-0.05, 0) is 18.6 Å². The third kappa shape index (κ3) is 2.56. The van der Waals surface area contributed by atoms with Crippen molar-refractivity contribution in [2.24, 2.45) is 0 Å². The van der Waals surface area contributed by atoms with Crippen LogP contribution in [0.5, 0.6) is 0 Å². The van der Waals surface area contributed by atoms with E-state index in [0.29, 0.717) is 6.54 Å². The van der Waals surface area contributed by atoms with Crippen molar-refractivity contribution in [3.8, 4) is 0 Å². The number of aromatic carboxylic acids is 1. The number of nitrogens with zero attached hydrogens (tertiary/aromatic N) is 2. The van der Waals surface area contributed by atoms with Gasteiger partial charge in [0.15, 0.2) is 0 Å². The van der Waals surface area contributed by atoms with Gasteiger partial charge < -0.3 is 10.0 Å². The predicted octanol–water partition coefficient (Wildman–Crippen LogP) is 1.71. The zero-order chi connectivity index (χ0) is 11.4. The molecule has 0 spiro atoms. The van der Waals surface area contributed by atoms with Crippen molar-refractivity contribution in [1.82, 2.24) is 4.98 Å². The van der Waals surface area contributed by atoms with Gasteiger partial charge in [0.1, 0.15) is 5.82 Å². The van der Waals surface area contributed by atoms with Gasteiger partial charge >= 0.3 is 5.97 Å². The molecule has 4 nitrogen and oxygen atoms in total. The first kappa shape index (κ1) is 11.2. The molecule has 0 aromatic carbocycles. The van der Waals surface area contributed by atoms with E-state index in [9.17, 15) is 4.79 Å². The summed E-state index contributed by atoms with van der Waals surface area (Å²) in [6, 6.07) is 1.62. The zero-order valence-corrected chi connectivity index (χ0v) is 8.90. The fraction of sp³-hybridized carbons (Fsp3) is 0.273. The van der Waals surface area contributed by atoms with Crippen LogP contribution in [0, 0.1) is 6.92 Å². The van der Waals surface area contributed by atoms with Gasteiger partial charge in [-0.1, -0.05) is 6.08 Å². The molecule has 15 heavy (non-hydrogen) atoms. The summed E-state index contributed by atoms with van der Waals surface area (Å²) in [5, 5.41) is 8.77. The number of pyridine rings is 1. The van der Waals surface area contributed by atoms with E-state index in [2.05, 4.69) is 11.6 Å². The molecule has 1 aromatic heterocycles. The summed E-state index contributed by atoms with van der Waals surface area (Å²) in [5.74, 6) is -0.177. The van der Waals surface area contributed by atoms with Gasteiger partial charge in [-0.2, -0.15) is 0 Å². The fourth-order valence-electron chi connectivity index (χ4n) is 1.36. The molecule has 0 aliphatic heterocycles. The smallest absolute Gasteiger partial charge is 0.337 e. The Hall–Kier alpha value is -1.84. The van der Waals surface area contributed by atoms with E-state index in [1.165, 1.54) is 6.20 Å². The first-order valence-corrected chi connectivity index (χ1v) is 4.58. The van der Waals surface area contributed by atoms with Crippen LogP contribution in [-0.4, -0.2) is 29.7 Å². The van der Waals surface area contributed by atoms with Crippen molar-refractivity contribution in [1.29, 1.82) is 0 Å². The number of carboxylic acid groups (broad SMARTS) is 1. The lowest BCUT2D eigenvalue weighted by molar-refractivity contribution is 0.0696. The Morgan fingerprint density at radius 1 is 1.73 bits per heavy atom. The molecule has 0 saturated heterocycles. The van der Waals surface area contributed by atoms with E-state index in [1.807, 2.05) is 18.9 Å². The minimum absolute atomic E-state index is 0.211. The average molecular weight is 206 g/mol. The molecular weight excluding hydrogens is 192 g/mol. The van der Waals surface area contributed by atoms with Crippen molar-refractivity contribution in [2.75, 3.05) is 18.5 Å². The molecule has 0 saturated carbocycles. The number of carbonyl (C=O) groups is 1. The molecule has 0 atom stereocenters. The van der Waals surface area contributed by atoms with Gasteiger partial charge in [-0.3, -0.25) is 0 Å².